The predicted octanol–water partition coefficient (Wildman–Crippen LogP) is 1.57. The van der Waals surface area contributed by atoms with Gasteiger partial charge in [-0.2, -0.15) is 0 Å². The molecule has 7 heteroatoms. The number of phenols is 1. The lowest BCUT2D eigenvalue weighted by Gasteiger charge is -1.98. The molecule has 22 heavy (non-hydrogen) atoms. The highest BCUT2D eigenvalue weighted by molar-refractivity contribution is 5.91. The van der Waals surface area contributed by atoms with Gasteiger partial charge in [-0.25, -0.2) is 4.79 Å². The topological polar surface area (TPSA) is 147 Å². The highest BCUT2D eigenvalue weighted by atomic mass is 16.4. The molecule has 0 amide bonds. The summed E-state index contributed by atoms with van der Waals surface area (Å²) in [7, 11) is 0. The number of aromatic hydroxyl groups is 1. The number of benzene rings is 2. The van der Waals surface area contributed by atoms with Crippen LogP contribution in [0.15, 0.2) is 42.5 Å². The van der Waals surface area contributed by atoms with Gasteiger partial charge in [0, 0.05) is 11.4 Å². The van der Waals surface area contributed by atoms with Gasteiger partial charge < -0.3 is 26.8 Å². The molecule has 0 saturated carbocycles. The highest BCUT2D eigenvalue weighted by Gasteiger charge is 2.08. The molecule has 0 aliphatic rings. The Balaban J connectivity index is 0.000000220. The van der Waals surface area contributed by atoms with Gasteiger partial charge in [-0.1, -0.05) is 12.1 Å². The van der Waals surface area contributed by atoms with Gasteiger partial charge in [-0.15, -0.1) is 0 Å². The van der Waals surface area contributed by atoms with Gasteiger partial charge in [-0.05, 0) is 35.9 Å². The molecule has 0 unspecified atom stereocenters. The van der Waals surface area contributed by atoms with Crippen molar-refractivity contribution in [3.8, 4) is 5.75 Å². The minimum atomic E-state index is -1.19. The van der Waals surface area contributed by atoms with Crippen LogP contribution in [0.25, 0.3) is 0 Å². The van der Waals surface area contributed by atoms with E-state index in [2.05, 4.69) is 0 Å². The van der Waals surface area contributed by atoms with Crippen LogP contribution in [0.2, 0.25) is 0 Å². The monoisotopic (exact) mass is 304 g/mol. The van der Waals surface area contributed by atoms with Gasteiger partial charge in [0.1, 0.15) is 11.3 Å². The van der Waals surface area contributed by atoms with Crippen LogP contribution >= 0.6 is 0 Å². The Labute approximate surface area is 126 Å². The molecule has 2 aromatic rings. The van der Waals surface area contributed by atoms with Gasteiger partial charge in [-0.3, -0.25) is 4.79 Å². The van der Waals surface area contributed by atoms with Crippen LogP contribution in [0.3, 0.4) is 0 Å². The molecule has 0 fully saturated rings. The number of hydrogen-bond donors (Lipinski definition) is 5. The lowest BCUT2D eigenvalue weighted by molar-refractivity contribution is -0.136. The molecule has 116 valence electrons. The molecule has 2 rings (SSSR count). The zero-order valence-corrected chi connectivity index (χ0v) is 11.6. The smallest absolute Gasteiger partial charge is 0.339 e. The van der Waals surface area contributed by atoms with Crippen LogP contribution in [0.4, 0.5) is 11.4 Å². The van der Waals surface area contributed by atoms with E-state index in [-0.39, 0.29) is 17.7 Å². The maximum absolute atomic E-state index is 10.4. The van der Waals surface area contributed by atoms with E-state index in [0.717, 1.165) is 5.56 Å². The fraction of sp³-hybridized carbons (Fsp3) is 0.0667. The summed E-state index contributed by atoms with van der Waals surface area (Å²) in [6.07, 6.45) is 0.0558. The maximum atomic E-state index is 10.4. The van der Waals surface area contributed by atoms with Gasteiger partial charge in [0.2, 0.25) is 0 Å². The molecule has 0 atom stereocenters. The van der Waals surface area contributed by atoms with Crippen molar-refractivity contribution in [3.63, 3.8) is 0 Å². The zero-order chi connectivity index (χ0) is 16.7. The van der Waals surface area contributed by atoms with Crippen LogP contribution in [0.5, 0.6) is 5.75 Å². The number of aliphatic carboxylic acids is 1. The van der Waals surface area contributed by atoms with E-state index in [1.807, 2.05) is 0 Å². The first-order chi connectivity index (χ1) is 10.3. The third-order valence-electron chi connectivity index (χ3n) is 2.59. The third kappa shape index (κ3) is 5.41. The number of carboxylic acids is 2. The van der Waals surface area contributed by atoms with Crippen molar-refractivity contribution >= 4 is 23.3 Å². The fourth-order valence-corrected chi connectivity index (χ4v) is 1.54. The maximum Gasteiger partial charge on any atom is 0.339 e. The molecule has 0 aromatic heterocycles. The van der Waals surface area contributed by atoms with Crippen LogP contribution in [-0.2, 0) is 11.2 Å². The fourth-order valence-electron chi connectivity index (χ4n) is 1.54. The third-order valence-corrected chi connectivity index (χ3v) is 2.59. The minimum Gasteiger partial charge on any atom is -0.507 e. The van der Waals surface area contributed by atoms with Gasteiger partial charge >= 0.3 is 11.9 Å². The number of hydrogen-bond acceptors (Lipinski definition) is 5. The van der Waals surface area contributed by atoms with E-state index in [1.54, 1.807) is 24.3 Å². The van der Waals surface area contributed by atoms with Crippen LogP contribution in [0.1, 0.15) is 15.9 Å². The normalized spacial score (nSPS) is 9.45. The summed E-state index contributed by atoms with van der Waals surface area (Å²) in [5.74, 6) is -2.28. The molecular formula is C15H16N2O5. The van der Waals surface area contributed by atoms with Gasteiger partial charge in [0.15, 0.2) is 0 Å². The van der Waals surface area contributed by atoms with E-state index in [1.165, 1.54) is 18.2 Å². The molecule has 0 heterocycles. The first-order valence-corrected chi connectivity index (χ1v) is 6.17. The average Bonchev–Trinajstić information content (AvgIpc) is 2.44. The van der Waals surface area contributed by atoms with Crippen molar-refractivity contribution in [2.45, 2.75) is 6.42 Å². The van der Waals surface area contributed by atoms with Crippen molar-refractivity contribution in [3.05, 3.63) is 53.6 Å². The van der Waals surface area contributed by atoms with E-state index in [9.17, 15) is 9.59 Å². The molecule has 0 saturated heterocycles. The van der Waals surface area contributed by atoms with Gasteiger partial charge in [0.05, 0.1) is 6.42 Å². The lowest BCUT2D eigenvalue weighted by atomic mass is 10.1. The molecule has 7 nitrogen and oxygen atoms in total. The summed E-state index contributed by atoms with van der Waals surface area (Å²) in [5.41, 5.74) is 12.3. The minimum absolute atomic E-state index is 0.0558. The number of nitrogen functional groups attached to an aromatic ring is 2. The number of aromatic carboxylic acids is 1. The lowest BCUT2D eigenvalue weighted by Crippen LogP contribution is -1.99. The number of carboxylic acid groups (broad SMARTS) is 2. The summed E-state index contributed by atoms with van der Waals surface area (Å²) in [4.78, 5) is 20.6. The van der Waals surface area contributed by atoms with Crippen molar-refractivity contribution in [1.29, 1.82) is 0 Å². The zero-order valence-electron chi connectivity index (χ0n) is 11.6. The second-order valence-corrected chi connectivity index (χ2v) is 4.39. The average molecular weight is 304 g/mol. The number of rotatable bonds is 3. The Hall–Kier alpha value is -3.22. The second-order valence-electron chi connectivity index (χ2n) is 4.39. The largest absolute Gasteiger partial charge is 0.507 e. The molecule has 2 aromatic carbocycles. The van der Waals surface area contributed by atoms with Gasteiger partial charge in [0.25, 0.3) is 0 Å². The SMILES string of the molecule is Nc1ccc(CC(=O)O)cc1.Nc1ccc(O)c(C(=O)O)c1. The molecule has 0 bridgehead atoms. The van der Waals surface area contributed by atoms with Crippen LogP contribution < -0.4 is 11.5 Å². The summed E-state index contributed by atoms with van der Waals surface area (Å²) < 4.78 is 0. The van der Waals surface area contributed by atoms with E-state index < -0.39 is 11.9 Å². The first-order valence-electron chi connectivity index (χ1n) is 6.17. The van der Waals surface area contributed by atoms with E-state index in [4.69, 9.17) is 26.8 Å². The second kappa shape index (κ2) is 7.53. The van der Waals surface area contributed by atoms with E-state index in [0.29, 0.717) is 11.4 Å². The Kier molecular flexibility index (Phi) is 5.76. The Bertz CT molecular complexity index is 668. The van der Waals surface area contributed by atoms with Crippen molar-refractivity contribution < 1.29 is 24.9 Å². The summed E-state index contributed by atoms with van der Waals surface area (Å²) in [6, 6.07) is 10.7. The highest BCUT2D eigenvalue weighted by Crippen LogP contribution is 2.18. The molecule has 0 aliphatic heterocycles. The molecule has 0 aliphatic carbocycles. The number of nitrogens with two attached hydrogens (primary N) is 2. The van der Waals surface area contributed by atoms with Crippen LogP contribution in [0, 0.1) is 0 Å². The standard InChI is InChI=1S/C8H9NO2.C7H7NO3/c9-7-3-1-6(2-4-7)5-8(10)11;8-4-1-2-6(9)5(3-4)7(10)11/h1-4H,5,9H2,(H,10,11);1-3,9H,8H2,(H,10,11). The molecular weight excluding hydrogens is 288 g/mol. The van der Waals surface area contributed by atoms with Crippen molar-refractivity contribution in [2.24, 2.45) is 0 Å². The van der Waals surface area contributed by atoms with Crippen molar-refractivity contribution in [1.82, 2.24) is 0 Å². The number of anilines is 2. The first kappa shape index (κ1) is 16.8. The Morgan fingerprint density at radius 1 is 0.909 bits per heavy atom. The van der Waals surface area contributed by atoms with E-state index >= 15 is 0 Å². The Morgan fingerprint density at radius 3 is 1.91 bits per heavy atom. The summed E-state index contributed by atoms with van der Waals surface area (Å²) >= 11 is 0. The Morgan fingerprint density at radius 2 is 1.45 bits per heavy atom. The molecule has 0 spiro atoms. The summed E-state index contributed by atoms with van der Waals surface area (Å²) in [6.45, 7) is 0. The predicted molar refractivity (Wildman–Crippen MR) is 81.7 cm³/mol. The number of carbonyl (C=O) groups is 2. The summed E-state index contributed by atoms with van der Waals surface area (Å²) in [5, 5.41) is 25.8. The quantitative estimate of drug-likeness (QED) is 0.427. The molecule has 7 N–H and O–H groups in total. The molecule has 0 radical (unpaired) electrons. The van der Waals surface area contributed by atoms with Crippen LogP contribution in [-0.4, -0.2) is 27.3 Å². The van der Waals surface area contributed by atoms with Crippen molar-refractivity contribution in [2.75, 3.05) is 11.5 Å².